The van der Waals surface area contributed by atoms with Gasteiger partial charge in [0.05, 0.1) is 14.2 Å². The van der Waals surface area contributed by atoms with E-state index in [1.54, 1.807) is 20.3 Å². The number of ether oxygens (including phenoxy) is 2. The summed E-state index contributed by atoms with van der Waals surface area (Å²) >= 11 is 5.03. The molecular formula is C17H15BrN2O3S. The minimum atomic E-state index is 0.432. The molecule has 0 atom stereocenters. The molecule has 1 heterocycles. The molecule has 2 aromatic carbocycles. The zero-order chi connectivity index (χ0) is 16.9. The standard InChI is InChI=1S/C17H15BrN2O3S/c1-21-13-7-12(8-14(9-13)22-2)16-19-20-17(23-16)24-10-11-5-3-4-6-15(11)18/h3-9H,10H2,1-2H3. The molecule has 0 saturated heterocycles. The molecule has 0 N–H and O–H groups in total. The van der Waals surface area contributed by atoms with E-state index in [-0.39, 0.29) is 0 Å². The number of aromatic nitrogens is 2. The summed E-state index contributed by atoms with van der Waals surface area (Å²) in [4.78, 5) is 0. The predicted octanol–water partition coefficient (Wildman–Crippen LogP) is 4.81. The van der Waals surface area contributed by atoms with Crippen molar-refractivity contribution in [3.05, 3.63) is 52.5 Å². The van der Waals surface area contributed by atoms with Crippen LogP contribution < -0.4 is 9.47 Å². The third kappa shape index (κ3) is 3.91. The van der Waals surface area contributed by atoms with E-state index in [2.05, 4.69) is 32.2 Å². The van der Waals surface area contributed by atoms with Gasteiger partial charge in [0.15, 0.2) is 0 Å². The van der Waals surface area contributed by atoms with Crippen LogP contribution in [0.1, 0.15) is 5.56 Å². The SMILES string of the molecule is COc1cc(OC)cc(-c2nnc(SCc3ccccc3Br)o2)c1. The number of hydrogen-bond acceptors (Lipinski definition) is 6. The van der Waals surface area contributed by atoms with Crippen molar-refractivity contribution in [2.45, 2.75) is 11.0 Å². The maximum Gasteiger partial charge on any atom is 0.277 e. The van der Waals surface area contributed by atoms with Gasteiger partial charge in [-0.2, -0.15) is 0 Å². The molecule has 0 aliphatic heterocycles. The van der Waals surface area contributed by atoms with Crippen LogP contribution in [0.2, 0.25) is 0 Å². The van der Waals surface area contributed by atoms with Crippen LogP contribution in [0.5, 0.6) is 11.5 Å². The van der Waals surface area contributed by atoms with Gasteiger partial charge >= 0.3 is 0 Å². The first-order valence-corrected chi connectivity index (χ1v) is 8.90. The number of benzene rings is 2. The maximum atomic E-state index is 5.74. The van der Waals surface area contributed by atoms with Crippen LogP contribution in [0.15, 0.2) is 56.6 Å². The number of methoxy groups -OCH3 is 2. The summed E-state index contributed by atoms with van der Waals surface area (Å²) in [6.45, 7) is 0. The van der Waals surface area contributed by atoms with Crippen LogP contribution in [-0.4, -0.2) is 24.4 Å². The highest BCUT2D eigenvalue weighted by atomic mass is 79.9. The molecule has 1 aromatic heterocycles. The Morgan fingerprint density at radius 3 is 2.42 bits per heavy atom. The minimum Gasteiger partial charge on any atom is -0.497 e. The van der Waals surface area contributed by atoms with Crippen LogP contribution in [0.3, 0.4) is 0 Å². The van der Waals surface area contributed by atoms with Crippen molar-refractivity contribution in [2.24, 2.45) is 0 Å². The molecule has 0 unspecified atom stereocenters. The van der Waals surface area contributed by atoms with Gasteiger partial charge in [0.25, 0.3) is 5.22 Å². The Bertz CT molecular complexity index is 816. The van der Waals surface area contributed by atoms with E-state index in [1.165, 1.54) is 17.3 Å². The summed E-state index contributed by atoms with van der Waals surface area (Å²) < 4.78 is 17.3. The Morgan fingerprint density at radius 1 is 1.04 bits per heavy atom. The second kappa shape index (κ2) is 7.72. The van der Waals surface area contributed by atoms with Gasteiger partial charge in [-0.1, -0.05) is 45.9 Å². The monoisotopic (exact) mass is 406 g/mol. The lowest BCUT2D eigenvalue weighted by Crippen LogP contribution is -1.88. The van der Waals surface area contributed by atoms with Gasteiger partial charge in [-0.25, -0.2) is 0 Å². The Labute approximate surface area is 152 Å². The summed E-state index contributed by atoms with van der Waals surface area (Å²) in [5.74, 6) is 2.52. The largest absolute Gasteiger partial charge is 0.497 e. The zero-order valence-corrected chi connectivity index (χ0v) is 15.6. The smallest absolute Gasteiger partial charge is 0.277 e. The van der Waals surface area contributed by atoms with E-state index in [0.29, 0.717) is 22.6 Å². The molecule has 0 bridgehead atoms. The van der Waals surface area contributed by atoms with Gasteiger partial charge in [0.2, 0.25) is 5.89 Å². The molecular weight excluding hydrogens is 392 g/mol. The van der Waals surface area contributed by atoms with Crippen molar-refractivity contribution < 1.29 is 13.9 Å². The highest BCUT2D eigenvalue weighted by Gasteiger charge is 2.12. The first kappa shape index (κ1) is 16.9. The molecule has 0 saturated carbocycles. The molecule has 5 nitrogen and oxygen atoms in total. The molecule has 0 radical (unpaired) electrons. The third-order valence-electron chi connectivity index (χ3n) is 3.31. The van der Waals surface area contributed by atoms with Gasteiger partial charge in [-0.05, 0) is 23.8 Å². The van der Waals surface area contributed by atoms with Gasteiger partial charge in [-0.15, -0.1) is 10.2 Å². The number of halogens is 1. The zero-order valence-electron chi connectivity index (χ0n) is 13.2. The number of rotatable bonds is 6. The molecule has 0 amide bonds. The van der Waals surface area contributed by atoms with Crippen molar-refractivity contribution >= 4 is 27.7 Å². The highest BCUT2D eigenvalue weighted by molar-refractivity contribution is 9.10. The Balaban J connectivity index is 1.77. The van der Waals surface area contributed by atoms with E-state index in [1.807, 2.05) is 30.3 Å². The van der Waals surface area contributed by atoms with Gasteiger partial charge in [-0.3, -0.25) is 0 Å². The quantitative estimate of drug-likeness (QED) is 0.547. The normalized spacial score (nSPS) is 10.6. The Kier molecular flexibility index (Phi) is 5.42. The molecule has 124 valence electrons. The van der Waals surface area contributed by atoms with E-state index in [9.17, 15) is 0 Å². The number of hydrogen-bond donors (Lipinski definition) is 0. The molecule has 3 rings (SSSR count). The summed E-state index contributed by atoms with van der Waals surface area (Å²) in [6.07, 6.45) is 0. The lowest BCUT2D eigenvalue weighted by molar-refractivity contribution is 0.394. The van der Waals surface area contributed by atoms with Crippen LogP contribution in [0.4, 0.5) is 0 Å². The summed E-state index contributed by atoms with van der Waals surface area (Å²) in [6, 6.07) is 13.5. The first-order valence-electron chi connectivity index (χ1n) is 7.12. The van der Waals surface area contributed by atoms with E-state index in [0.717, 1.165) is 15.8 Å². The lowest BCUT2D eigenvalue weighted by Gasteiger charge is -2.05. The van der Waals surface area contributed by atoms with Gasteiger partial charge in [0, 0.05) is 21.9 Å². The second-order valence-corrected chi connectivity index (χ2v) is 6.64. The van der Waals surface area contributed by atoms with E-state index in [4.69, 9.17) is 13.9 Å². The van der Waals surface area contributed by atoms with E-state index < -0.39 is 0 Å². The summed E-state index contributed by atoms with van der Waals surface area (Å²) in [5, 5.41) is 8.73. The van der Waals surface area contributed by atoms with E-state index >= 15 is 0 Å². The van der Waals surface area contributed by atoms with Gasteiger partial charge in [0.1, 0.15) is 11.5 Å². The first-order chi connectivity index (χ1) is 11.7. The Hall–Kier alpha value is -1.99. The third-order valence-corrected chi connectivity index (χ3v) is 4.95. The van der Waals surface area contributed by atoms with Crippen molar-refractivity contribution in [3.63, 3.8) is 0 Å². The topological polar surface area (TPSA) is 57.4 Å². The van der Waals surface area contributed by atoms with Crippen molar-refractivity contribution in [3.8, 4) is 23.0 Å². The van der Waals surface area contributed by atoms with Crippen molar-refractivity contribution in [1.29, 1.82) is 0 Å². The number of nitrogens with zero attached hydrogens (tertiary/aromatic N) is 2. The van der Waals surface area contributed by atoms with Crippen LogP contribution in [0, 0.1) is 0 Å². The molecule has 24 heavy (non-hydrogen) atoms. The lowest BCUT2D eigenvalue weighted by atomic mass is 10.2. The average Bonchev–Trinajstić information content (AvgIpc) is 3.09. The van der Waals surface area contributed by atoms with Crippen molar-refractivity contribution in [2.75, 3.05) is 14.2 Å². The molecule has 0 spiro atoms. The maximum absolute atomic E-state index is 5.74. The fourth-order valence-corrected chi connectivity index (χ4v) is 3.45. The summed E-state index contributed by atoms with van der Waals surface area (Å²) in [5.41, 5.74) is 1.93. The molecule has 7 heteroatoms. The van der Waals surface area contributed by atoms with Crippen LogP contribution >= 0.6 is 27.7 Å². The predicted molar refractivity (Wildman–Crippen MR) is 96.5 cm³/mol. The second-order valence-electron chi connectivity index (χ2n) is 4.85. The fraction of sp³-hybridized carbons (Fsp3) is 0.176. The number of thioether (sulfide) groups is 1. The molecule has 3 aromatic rings. The van der Waals surface area contributed by atoms with Crippen LogP contribution in [0.25, 0.3) is 11.5 Å². The van der Waals surface area contributed by atoms with Crippen LogP contribution in [-0.2, 0) is 5.75 Å². The molecule has 0 aliphatic carbocycles. The van der Waals surface area contributed by atoms with Gasteiger partial charge < -0.3 is 13.9 Å². The fourth-order valence-electron chi connectivity index (χ4n) is 2.07. The highest BCUT2D eigenvalue weighted by Crippen LogP contribution is 2.32. The molecule has 0 aliphatic rings. The minimum absolute atomic E-state index is 0.432. The average molecular weight is 407 g/mol. The summed E-state index contributed by atoms with van der Waals surface area (Å²) in [7, 11) is 3.21. The van der Waals surface area contributed by atoms with Crippen molar-refractivity contribution in [1.82, 2.24) is 10.2 Å². The Morgan fingerprint density at radius 2 is 1.75 bits per heavy atom. The molecule has 0 fully saturated rings.